The summed E-state index contributed by atoms with van der Waals surface area (Å²) in [7, 11) is 0. The second kappa shape index (κ2) is 9.21. The van der Waals surface area contributed by atoms with Crippen LogP contribution >= 0.6 is 0 Å². The van der Waals surface area contributed by atoms with E-state index in [-0.39, 0.29) is 11.9 Å². The average molecular weight is 365 g/mol. The summed E-state index contributed by atoms with van der Waals surface area (Å²) in [6.45, 7) is 3.50. The van der Waals surface area contributed by atoms with E-state index in [9.17, 15) is 9.59 Å². The van der Waals surface area contributed by atoms with Crippen LogP contribution in [0.25, 0.3) is 0 Å². The molecule has 0 saturated carbocycles. The molecule has 5 nitrogen and oxygen atoms in total. The zero-order valence-corrected chi connectivity index (χ0v) is 15.7. The Bertz CT molecular complexity index is 749. The van der Waals surface area contributed by atoms with E-state index in [1.807, 2.05) is 65.6 Å². The normalized spacial score (nSPS) is 19.4. The summed E-state index contributed by atoms with van der Waals surface area (Å²) in [5, 5.41) is 5.92. The molecule has 5 heteroatoms. The fourth-order valence-corrected chi connectivity index (χ4v) is 3.69. The standard InChI is InChI=1S/C22H27N3O2/c1-2-17-16-25(22(27)24-20-11-7-4-8-12-20)14-13-18(17)15-21(26)23-19-9-5-3-6-10-19/h3-12,17-18H,2,13-16H2,1H3,(H,23,26)(H,24,27). The Labute approximate surface area is 160 Å². The Balaban J connectivity index is 1.53. The molecule has 1 fully saturated rings. The first-order valence-electron chi connectivity index (χ1n) is 9.61. The Morgan fingerprint density at radius 2 is 1.52 bits per heavy atom. The van der Waals surface area contributed by atoms with Gasteiger partial charge in [-0.15, -0.1) is 0 Å². The third-order valence-electron chi connectivity index (χ3n) is 5.23. The van der Waals surface area contributed by atoms with Gasteiger partial charge in [0.05, 0.1) is 0 Å². The number of anilines is 2. The minimum absolute atomic E-state index is 0.0480. The van der Waals surface area contributed by atoms with Crippen molar-refractivity contribution in [3.8, 4) is 0 Å². The lowest BCUT2D eigenvalue weighted by Gasteiger charge is -2.38. The van der Waals surface area contributed by atoms with Gasteiger partial charge in [-0.25, -0.2) is 4.79 Å². The van der Waals surface area contributed by atoms with Crippen LogP contribution in [0.3, 0.4) is 0 Å². The lowest BCUT2D eigenvalue weighted by atomic mass is 9.81. The monoisotopic (exact) mass is 365 g/mol. The number of nitrogens with zero attached hydrogens (tertiary/aromatic N) is 1. The third kappa shape index (κ3) is 5.33. The zero-order chi connectivity index (χ0) is 19.1. The second-order valence-corrected chi connectivity index (χ2v) is 7.08. The van der Waals surface area contributed by atoms with Crippen LogP contribution in [0.4, 0.5) is 16.2 Å². The largest absolute Gasteiger partial charge is 0.326 e. The first kappa shape index (κ1) is 19.0. The predicted molar refractivity (Wildman–Crippen MR) is 109 cm³/mol. The lowest BCUT2D eigenvalue weighted by Crippen LogP contribution is -2.46. The van der Waals surface area contributed by atoms with E-state index in [1.165, 1.54) is 0 Å². The Morgan fingerprint density at radius 1 is 0.926 bits per heavy atom. The maximum Gasteiger partial charge on any atom is 0.321 e. The van der Waals surface area contributed by atoms with E-state index in [2.05, 4.69) is 17.6 Å². The molecular weight excluding hydrogens is 338 g/mol. The highest BCUT2D eigenvalue weighted by Crippen LogP contribution is 2.29. The predicted octanol–water partition coefficient (Wildman–Crippen LogP) is 4.60. The lowest BCUT2D eigenvalue weighted by molar-refractivity contribution is -0.117. The smallest absolute Gasteiger partial charge is 0.321 e. The molecular formula is C22H27N3O2. The van der Waals surface area contributed by atoms with Crippen molar-refractivity contribution in [1.29, 1.82) is 0 Å². The number of hydrogen-bond acceptors (Lipinski definition) is 2. The molecule has 2 aromatic carbocycles. The quantitative estimate of drug-likeness (QED) is 0.814. The number of likely N-dealkylation sites (tertiary alicyclic amines) is 1. The van der Waals surface area contributed by atoms with E-state index in [1.54, 1.807) is 0 Å². The van der Waals surface area contributed by atoms with E-state index in [0.717, 1.165) is 24.2 Å². The van der Waals surface area contributed by atoms with E-state index in [4.69, 9.17) is 0 Å². The molecule has 2 atom stereocenters. The summed E-state index contributed by atoms with van der Waals surface area (Å²) >= 11 is 0. The summed E-state index contributed by atoms with van der Waals surface area (Å²) in [5.41, 5.74) is 1.63. The van der Waals surface area contributed by atoms with Crippen LogP contribution < -0.4 is 10.6 Å². The van der Waals surface area contributed by atoms with Gasteiger partial charge in [-0.05, 0) is 42.5 Å². The van der Waals surface area contributed by atoms with Crippen LogP contribution in [0.2, 0.25) is 0 Å². The molecule has 2 unspecified atom stereocenters. The summed E-state index contributed by atoms with van der Waals surface area (Å²) in [6.07, 6.45) is 2.31. The number of urea groups is 1. The number of piperidine rings is 1. The first-order valence-corrected chi connectivity index (χ1v) is 9.61. The van der Waals surface area contributed by atoms with Gasteiger partial charge in [0, 0.05) is 30.9 Å². The Morgan fingerprint density at radius 3 is 2.11 bits per heavy atom. The fraction of sp³-hybridized carbons (Fsp3) is 0.364. The van der Waals surface area contributed by atoms with Crippen molar-refractivity contribution in [3.05, 3.63) is 60.7 Å². The van der Waals surface area contributed by atoms with Gasteiger partial charge in [-0.1, -0.05) is 49.7 Å². The SMILES string of the molecule is CCC1CN(C(=O)Nc2ccccc2)CCC1CC(=O)Nc1ccccc1. The van der Waals surface area contributed by atoms with Gasteiger partial charge in [0.15, 0.2) is 0 Å². The van der Waals surface area contributed by atoms with Crippen molar-refractivity contribution in [2.75, 3.05) is 23.7 Å². The van der Waals surface area contributed by atoms with Gasteiger partial charge in [0.1, 0.15) is 0 Å². The van der Waals surface area contributed by atoms with Gasteiger partial charge >= 0.3 is 6.03 Å². The summed E-state index contributed by atoms with van der Waals surface area (Å²) in [5.74, 6) is 0.688. The molecule has 1 aliphatic heterocycles. The number of rotatable bonds is 5. The van der Waals surface area contributed by atoms with E-state index >= 15 is 0 Å². The van der Waals surface area contributed by atoms with Gasteiger partial charge in [-0.3, -0.25) is 4.79 Å². The van der Waals surface area contributed by atoms with Crippen LogP contribution in [0.5, 0.6) is 0 Å². The molecule has 3 rings (SSSR count). The molecule has 0 aromatic heterocycles. The Kier molecular flexibility index (Phi) is 6.47. The molecule has 27 heavy (non-hydrogen) atoms. The number of carbonyl (C=O) groups is 2. The summed E-state index contributed by atoms with van der Waals surface area (Å²) in [6, 6.07) is 19.0. The number of nitrogens with one attached hydrogen (secondary N) is 2. The van der Waals surface area contributed by atoms with Gasteiger partial charge in [-0.2, -0.15) is 0 Å². The zero-order valence-electron chi connectivity index (χ0n) is 15.7. The van der Waals surface area contributed by atoms with Crippen molar-refractivity contribution in [1.82, 2.24) is 4.90 Å². The fourth-order valence-electron chi connectivity index (χ4n) is 3.69. The number of para-hydroxylation sites is 2. The topological polar surface area (TPSA) is 61.4 Å². The van der Waals surface area contributed by atoms with Crippen LogP contribution in [-0.4, -0.2) is 29.9 Å². The minimum Gasteiger partial charge on any atom is -0.326 e. The van der Waals surface area contributed by atoms with E-state index < -0.39 is 0 Å². The van der Waals surface area contributed by atoms with Gasteiger partial charge in [0.25, 0.3) is 0 Å². The molecule has 1 aliphatic rings. The van der Waals surface area contributed by atoms with Crippen LogP contribution in [0.1, 0.15) is 26.2 Å². The van der Waals surface area contributed by atoms with E-state index in [0.29, 0.717) is 31.3 Å². The molecule has 1 heterocycles. The molecule has 0 spiro atoms. The third-order valence-corrected chi connectivity index (χ3v) is 5.23. The molecule has 0 aliphatic carbocycles. The maximum atomic E-state index is 12.5. The molecule has 0 radical (unpaired) electrons. The molecule has 142 valence electrons. The van der Waals surface area contributed by atoms with Crippen molar-refractivity contribution in [3.63, 3.8) is 0 Å². The minimum atomic E-state index is -0.0631. The highest BCUT2D eigenvalue weighted by molar-refractivity contribution is 5.91. The second-order valence-electron chi connectivity index (χ2n) is 7.08. The Hall–Kier alpha value is -2.82. The van der Waals surface area contributed by atoms with Crippen molar-refractivity contribution in [2.24, 2.45) is 11.8 Å². The summed E-state index contributed by atoms with van der Waals surface area (Å²) in [4.78, 5) is 26.8. The maximum absolute atomic E-state index is 12.5. The molecule has 2 N–H and O–H groups in total. The molecule has 3 amide bonds. The van der Waals surface area contributed by atoms with Crippen LogP contribution in [0, 0.1) is 11.8 Å². The van der Waals surface area contributed by atoms with Crippen LogP contribution in [-0.2, 0) is 4.79 Å². The van der Waals surface area contributed by atoms with Crippen molar-refractivity contribution >= 4 is 23.3 Å². The number of hydrogen-bond donors (Lipinski definition) is 2. The highest BCUT2D eigenvalue weighted by atomic mass is 16.2. The highest BCUT2D eigenvalue weighted by Gasteiger charge is 2.31. The van der Waals surface area contributed by atoms with Crippen molar-refractivity contribution in [2.45, 2.75) is 26.2 Å². The number of amides is 3. The molecule has 1 saturated heterocycles. The molecule has 0 bridgehead atoms. The van der Waals surface area contributed by atoms with Crippen LogP contribution in [0.15, 0.2) is 60.7 Å². The van der Waals surface area contributed by atoms with Gasteiger partial charge in [0.2, 0.25) is 5.91 Å². The summed E-state index contributed by atoms with van der Waals surface area (Å²) < 4.78 is 0. The number of carbonyl (C=O) groups excluding carboxylic acids is 2. The molecule has 2 aromatic rings. The average Bonchev–Trinajstić information content (AvgIpc) is 2.69. The van der Waals surface area contributed by atoms with Gasteiger partial charge < -0.3 is 15.5 Å². The number of benzene rings is 2. The van der Waals surface area contributed by atoms with Crippen molar-refractivity contribution < 1.29 is 9.59 Å². The first-order chi connectivity index (χ1) is 13.2.